The first-order valence-corrected chi connectivity index (χ1v) is 9.28. The molecule has 0 amide bonds. The summed E-state index contributed by atoms with van der Waals surface area (Å²) in [6.07, 6.45) is 4.22. The van der Waals surface area contributed by atoms with Crippen LogP contribution in [0.25, 0.3) is 16.8 Å². The number of nitrogens with zero attached hydrogens (tertiary/aromatic N) is 2. The summed E-state index contributed by atoms with van der Waals surface area (Å²) in [6.45, 7) is 4.16. The molecule has 28 heavy (non-hydrogen) atoms. The molecule has 140 valence electrons. The van der Waals surface area contributed by atoms with Gasteiger partial charge >= 0.3 is 0 Å². The number of rotatable bonds is 1. The second-order valence-electron chi connectivity index (χ2n) is 7.97. The van der Waals surface area contributed by atoms with Crippen LogP contribution in [0.2, 0.25) is 0 Å². The predicted octanol–water partition coefficient (Wildman–Crippen LogP) is 5.28. The number of nitro benzene ring substituents is 1. The molecule has 0 bridgehead atoms. The normalized spacial score (nSPS) is 21.5. The van der Waals surface area contributed by atoms with Gasteiger partial charge in [0.1, 0.15) is 5.75 Å². The van der Waals surface area contributed by atoms with Crippen molar-refractivity contribution in [2.75, 3.05) is 11.9 Å². The van der Waals surface area contributed by atoms with E-state index < -0.39 is 11.1 Å². The standard InChI is InChI=1S/C23H20N2O3/c1-22(2)19-14-16(25(26)27)9-10-20(19)24(3)23(22)13-12-18-17-7-5-4-6-15(17)8-11-21(18)28-23/h4-14H,1-3H3. The molecule has 0 fully saturated rings. The minimum atomic E-state index is -0.750. The van der Waals surface area contributed by atoms with E-state index in [0.29, 0.717) is 0 Å². The van der Waals surface area contributed by atoms with Crippen LogP contribution in [0.5, 0.6) is 5.75 Å². The van der Waals surface area contributed by atoms with Crippen molar-refractivity contribution >= 4 is 28.2 Å². The minimum Gasteiger partial charge on any atom is -0.463 e. The van der Waals surface area contributed by atoms with Gasteiger partial charge in [0.25, 0.3) is 5.69 Å². The average Bonchev–Trinajstić information content (AvgIpc) is 2.86. The van der Waals surface area contributed by atoms with E-state index in [4.69, 9.17) is 4.74 Å². The Morgan fingerprint density at radius 2 is 1.86 bits per heavy atom. The summed E-state index contributed by atoms with van der Waals surface area (Å²) in [6, 6.07) is 17.4. The van der Waals surface area contributed by atoms with E-state index in [1.165, 1.54) is 5.39 Å². The van der Waals surface area contributed by atoms with E-state index in [0.717, 1.165) is 28.0 Å². The van der Waals surface area contributed by atoms with Crippen molar-refractivity contribution in [1.29, 1.82) is 0 Å². The first-order valence-electron chi connectivity index (χ1n) is 9.28. The number of anilines is 1. The maximum absolute atomic E-state index is 11.3. The molecule has 1 unspecified atom stereocenters. The molecule has 0 radical (unpaired) electrons. The third-order valence-corrected chi connectivity index (χ3v) is 6.29. The van der Waals surface area contributed by atoms with Crippen LogP contribution in [0.15, 0.2) is 60.7 Å². The first kappa shape index (κ1) is 16.8. The van der Waals surface area contributed by atoms with Gasteiger partial charge in [-0.2, -0.15) is 0 Å². The molecule has 0 N–H and O–H groups in total. The highest BCUT2D eigenvalue weighted by Gasteiger charge is 2.58. The topological polar surface area (TPSA) is 55.6 Å². The summed E-state index contributed by atoms with van der Waals surface area (Å²) in [5.74, 6) is 0.823. The number of likely N-dealkylation sites (N-methyl/N-ethyl adjacent to an activating group) is 1. The number of ether oxygens (including phenoxy) is 1. The Labute approximate surface area is 163 Å². The minimum absolute atomic E-state index is 0.100. The lowest BCUT2D eigenvalue weighted by Gasteiger charge is -2.45. The van der Waals surface area contributed by atoms with E-state index in [1.54, 1.807) is 12.1 Å². The van der Waals surface area contributed by atoms with E-state index in [1.807, 2.05) is 31.3 Å². The number of hydrogen-bond donors (Lipinski definition) is 0. The molecule has 5 nitrogen and oxygen atoms in total. The van der Waals surface area contributed by atoms with Gasteiger partial charge in [0.15, 0.2) is 0 Å². The summed E-state index contributed by atoms with van der Waals surface area (Å²) in [7, 11) is 1.98. The lowest BCUT2D eigenvalue weighted by atomic mass is 9.76. The number of nitro groups is 1. The van der Waals surface area contributed by atoms with Gasteiger partial charge in [0.05, 0.1) is 10.3 Å². The zero-order valence-electron chi connectivity index (χ0n) is 16.0. The van der Waals surface area contributed by atoms with Gasteiger partial charge in [-0.3, -0.25) is 10.1 Å². The lowest BCUT2D eigenvalue weighted by Crippen LogP contribution is -2.58. The second kappa shape index (κ2) is 5.35. The molecule has 3 aromatic rings. The molecule has 2 heterocycles. The van der Waals surface area contributed by atoms with Crippen LogP contribution in [-0.2, 0) is 5.41 Å². The zero-order valence-corrected chi connectivity index (χ0v) is 16.0. The smallest absolute Gasteiger partial charge is 0.269 e. The highest BCUT2D eigenvalue weighted by atomic mass is 16.6. The quantitative estimate of drug-likeness (QED) is 0.431. The maximum atomic E-state index is 11.3. The summed E-state index contributed by atoms with van der Waals surface area (Å²) in [5, 5.41) is 13.6. The Hall–Kier alpha value is -3.34. The zero-order chi connectivity index (χ0) is 19.7. The summed E-state index contributed by atoms with van der Waals surface area (Å²) >= 11 is 0. The van der Waals surface area contributed by atoms with Gasteiger partial charge < -0.3 is 9.64 Å². The number of hydrogen-bond acceptors (Lipinski definition) is 4. The third-order valence-electron chi connectivity index (χ3n) is 6.29. The molecule has 0 saturated carbocycles. The van der Waals surface area contributed by atoms with E-state index in [9.17, 15) is 10.1 Å². The molecule has 0 aromatic heterocycles. The van der Waals surface area contributed by atoms with E-state index in [-0.39, 0.29) is 10.6 Å². The van der Waals surface area contributed by atoms with Crippen LogP contribution in [0, 0.1) is 10.1 Å². The second-order valence-corrected chi connectivity index (χ2v) is 7.97. The molecule has 0 aliphatic carbocycles. The van der Waals surface area contributed by atoms with Crippen LogP contribution < -0.4 is 9.64 Å². The number of fused-ring (bicyclic) bond motifs is 4. The molecule has 5 rings (SSSR count). The summed E-state index contributed by atoms with van der Waals surface area (Å²) in [5.41, 5.74) is 1.80. The highest BCUT2D eigenvalue weighted by molar-refractivity contribution is 5.94. The van der Waals surface area contributed by atoms with Crippen LogP contribution >= 0.6 is 0 Å². The van der Waals surface area contributed by atoms with Crippen molar-refractivity contribution in [3.8, 4) is 5.75 Å². The SMILES string of the molecule is CN1c2ccc([N+](=O)[O-])cc2C(C)(C)C12C=Cc1c(ccc3ccccc13)O2. The van der Waals surface area contributed by atoms with Crippen LogP contribution in [0.3, 0.4) is 0 Å². The lowest BCUT2D eigenvalue weighted by molar-refractivity contribution is -0.384. The predicted molar refractivity (Wildman–Crippen MR) is 111 cm³/mol. The fourth-order valence-electron chi connectivity index (χ4n) is 4.67. The Kier molecular flexibility index (Phi) is 3.21. The Bertz CT molecular complexity index is 1180. The Morgan fingerprint density at radius 1 is 1.07 bits per heavy atom. The molecule has 1 atom stereocenters. The van der Waals surface area contributed by atoms with Gasteiger partial charge in [0.2, 0.25) is 5.72 Å². The van der Waals surface area contributed by atoms with Gasteiger partial charge in [-0.25, -0.2) is 0 Å². The number of benzene rings is 3. The van der Waals surface area contributed by atoms with E-state index >= 15 is 0 Å². The monoisotopic (exact) mass is 372 g/mol. The molecular weight excluding hydrogens is 352 g/mol. The first-order chi connectivity index (χ1) is 13.3. The number of non-ortho nitro benzene ring substituents is 1. The fourth-order valence-corrected chi connectivity index (χ4v) is 4.67. The molecule has 2 aliphatic heterocycles. The van der Waals surface area contributed by atoms with Crippen molar-refractivity contribution < 1.29 is 9.66 Å². The Morgan fingerprint density at radius 3 is 2.64 bits per heavy atom. The molecule has 2 aliphatic rings. The molecule has 1 spiro atoms. The molecular formula is C23H20N2O3. The van der Waals surface area contributed by atoms with Crippen LogP contribution in [0.1, 0.15) is 25.0 Å². The largest absolute Gasteiger partial charge is 0.463 e. The molecule has 3 aromatic carbocycles. The van der Waals surface area contributed by atoms with Crippen molar-refractivity contribution in [2.24, 2.45) is 0 Å². The summed E-state index contributed by atoms with van der Waals surface area (Å²) < 4.78 is 6.67. The van der Waals surface area contributed by atoms with Crippen molar-refractivity contribution in [3.63, 3.8) is 0 Å². The van der Waals surface area contributed by atoms with Crippen molar-refractivity contribution in [2.45, 2.75) is 25.0 Å². The van der Waals surface area contributed by atoms with Gasteiger partial charge in [-0.05, 0) is 54.5 Å². The van der Waals surface area contributed by atoms with Crippen molar-refractivity contribution in [3.05, 3.63) is 81.9 Å². The average molecular weight is 372 g/mol. The Balaban J connectivity index is 1.69. The van der Waals surface area contributed by atoms with Crippen LogP contribution in [0.4, 0.5) is 11.4 Å². The molecule has 0 saturated heterocycles. The fraction of sp³-hybridized carbons (Fsp3) is 0.217. The van der Waals surface area contributed by atoms with Crippen LogP contribution in [-0.4, -0.2) is 17.7 Å². The van der Waals surface area contributed by atoms with Gasteiger partial charge in [-0.1, -0.05) is 30.3 Å². The third kappa shape index (κ3) is 1.96. The molecule has 5 heteroatoms. The van der Waals surface area contributed by atoms with E-state index in [2.05, 4.69) is 49.1 Å². The highest BCUT2D eigenvalue weighted by Crippen LogP contribution is 2.55. The van der Waals surface area contributed by atoms with Gasteiger partial charge in [0, 0.05) is 30.4 Å². The maximum Gasteiger partial charge on any atom is 0.269 e. The summed E-state index contributed by atoms with van der Waals surface area (Å²) in [4.78, 5) is 13.0. The van der Waals surface area contributed by atoms with Crippen molar-refractivity contribution in [1.82, 2.24) is 0 Å². The van der Waals surface area contributed by atoms with Gasteiger partial charge in [-0.15, -0.1) is 0 Å².